The number of hydrogen-bond donors (Lipinski definition) is 1. The molecule has 32 heavy (non-hydrogen) atoms. The summed E-state index contributed by atoms with van der Waals surface area (Å²) in [5.74, 6) is 1.42. The number of hydrogen-bond acceptors (Lipinski definition) is 4. The van der Waals surface area contributed by atoms with Gasteiger partial charge >= 0.3 is 0 Å². The highest BCUT2D eigenvalue weighted by molar-refractivity contribution is 5.32. The van der Waals surface area contributed by atoms with Gasteiger partial charge in [-0.15, -0.1) is 0 Å². The number of pyridine rings is 1. The second-order valence-electron chi connectivity index (χ2n) is 9.16. The third-order valence-electron chi connectivity index (χ3n) is 6.54. The molecule has 1 saturated heterocycles. The number of nitrogens with zero attached hydrogens (tertiary/aromatic N) is 2. The number of carbonyl (C=O) groups is 1. The summed E-state index contributed by atoms with van der Waals surface area (Å²) in [6.45, 7) is 6.82. The molecule has 0 radical (unpaired) electrons. The summed E-state index contributed by atoms with van der Waals surface area (Å²) in [6, 6.07) is 11.2. The Bertz CT molecular complexity index is 975. The quantitative estimate of drug-likeness (QED) is 0.673. The topological polar surface area (TPSA) is 71.8 Å². The first-order chi connectivity index (χ1) is 15.4. The number of aromatic nitrogens is 1. The van der Waals surface area contributed by atoms with E-state index in [1.54, 1.807) is 18.2 Å². The van der Waals surface area contributed by atoms with Gasteiger partial charge in [-0.1, -0.05) is 26.0 Å². The Morgan fingerprint density at radius 1 is 1.25 bits per heavy atom. The molecule has 0 unspecified atom stereocenters. The van der Waals surface area contributed by atoms with Crippen LogP contribution in [0.15, 0.2) is 41.2 Å². The van der Waals surface area contributed by atoms with Crippen LogP contribution in [-0.4, -0.2) is 41.2 Å². The van der Waals surface area contributed by atoms with E-state index in [-0.39, 0.29) is 29.6 Å². The maximum Gasteiger partial charge on any atom is 0.290 e. The molecular formula is C25H33FN2O4. The van der Waals surface area contributed by atoms with Crippen molar-refractivity contribution in [2.45, 2.75) is 51.6 Å². The summed E-state index contributed by atoms with van der Waals surface area (Å²) in [6.07, 6.45) is 3.30. The lowest BCUT2D eigenvalue weighted by molar-refractivity contribution is -0.122. The molecule has 7 heteroatoms. The molecule has 2 aliphatic rings. The van der Waals surface area contributed by atoms with Gasteiger partial charge in [0.2, 0.25) is 0 Å². The van der Waals surface area contributed by atoms with Gasteiger partial charge in [0.25, 0.3) is 12.0 Å². The lowest BCUT2D eigenvalue weighted by Crippen LogP contribution is -2.49. The molecule has 1 fully saturated rings. The Balaban J connectivity index is 0.000000913. The Kier molecular flexibility index (Phi) is 8.07. The monoisotopic (exact) mass is 444 g/mol. The summed E-state index contributed by atoms with van der Waals surface area (Å²) in [7, 11) is 1.49. The molecule has 4 rings (SSSR count). The molecule has 2 bridgehead atoms. The SMILES string of the molecule is COc1ccc(CN2C[C@H]3C[C@@H](C2)[C@H](CCC(C)C)n2c3cccc2=O)cc1F.O=CO. The largest absolute Gasteiger partial charge is 0.494 e. The number of likely N-dealkylation sites (tertiary alicyclic amines) is 1. The van der Waals surface area contributed by atoms with Crippen molar-refractivity contribution in [2.24, 2.45) is 11.8 Å². The van der Waals surface area contributed by atoms with Crippen LogP contribution in [0.2, 0.25) is 0 Å². The van der Waals surface area contributed by atoms with Crippen LogP contribution >= 0.6 is 0 Å². The zero-order valence-corrected chi connectivity index (χ0v) is 19.0. The third kappa shape index (κ3) is 5.38. The highest BCUT2D eigenvalue weighted by Gasteiger charge is 2.40. The van der Waals surface area contributed by atoms with Crippen LogP contribution in [-0.2, 0) is 11.3 Å². The van der Waals surface area contributed by atoms with Crippen LogP contribution in [0.1, 0.15) is 56.3 Å². The molecule has 1 N–H and O–H groups in total. The van der Waals surface area contributed by atoms with Crippen molar-refractivity contribution in [2.75, 3.05) is 20.2 Å². The maximum atomic E-state index is 14.1. The van der Waals surface area contributed by atoms with Crippen molar-refractivity contribution in [3.8, 4) is 5.75 Å². The van der Waals surface area contributed by atoms with Gasteiger partial charge in [0, 0.05) is 43.4 Å². The average Bonchev–Trinajstić information content (AvgIpc) is 2.74. The molecule has 0 spiro atoms. The van der Waals surface area contributed by atoms with Crippen molar-refractivity contribution >= 4 is 6.47 Å². The number of fused-ring (bicyclic) bond motifs is 4. The van der Waals surface area contributed by atoms with Gasteiger partial charge in [-0.3, -0.25) is 14.5 Å². The molecule has 6 nitrogen and oxygen atoms in total. The lowest BCUT2D eigenvalue weighted by atomic mass is 9.76. The fraction of sp³-hybridized carbons (Fsp3) is 0.520. The van der Waals surface area contributed by atoms with Gasteiger partial charge in [-0.05, 0) is 54.9 Å². The molecule has 2 aromatic rings. The van der Waals surface area contributed by atoms with E-state index in [9.17, 15) is 9.18 Å². The first-order valence-corrected chi connectivity index (χ1v) is 11.2. The smallest absolute Gasteiger partial charge is 0.290 e. The molecule has 174 valence electrons. The van der Waals surface area contributed by atoms with Crippen molar-refractivity contribution < 1.29 is 19.0 Å². The van der Waals surface area contributed by atoms with Gasteiger partial charge in [0.1, 0.15) is 0 Å². The lowest BCUT2D eigenvalue weighted by Gasteiger charge is -2.47. The van der Waals surface area contributed by atoms with E-state index in [0.717, 1.165) is 44.5 Å². The number of carboxylic acid groups (broad SMARTS) is 1. The van der Waals surface area contributed by atoms with Crippen LogP contribution < -0.4 is 10.3 Å². The molecule has 0 aliphatic carbocycles. The fourth-order valence-electron chi connectivity index (χ4n) is 5.21. The van der Waals surface area contributed by atoms with Gasteiger partial charge in [0.15, 0.2) is 11.6 Å². The molecule has 0 amide bonds. The summed E-state index contributed by atoms with van der Waals surface area (Å²) in [4.78, 5) is 23.5. The summed E-state index contributed by atoms with van der Waals surface area (Å²) in [5, 5.41) is 6.89. The number of benzene rings is 1. The van der Waals surface area contributed by atoms with Gasteiger partial charge in [0.05, 0.1) is 7.11 Å². The van der Waals surface area contributed by atoms with Gasteiger partial charge in [-0.25, -0.2) is 4.39 Å². The van der Waals surface area contributed by atoms with E-state index in [4.69, 9.17) is 14.6 Å². The number of piperidine rings is 1. The molecule has 3 heterocycles. The molecule has 3 atom stereocenters. The average molecular weight is 445 g/mol. The van der Waals surface area contributed by atoms with Crippen molar-refractivity contribution in [1.82, 2.24) is 9.47 Å². The van der Waals surface area contributed by atoms with Crippen molar-refractivity contribution in [3.05, 3.63) is 63.8 Å². The number of ether oxygens (including phenoxy) is 1. The van der Waals surface area contributed by atoms with E-state index in [2.05, 4.69) is 29.4 Å². The highest BCUT2D eigenvalue weighted by Crippen LogP contribution is 2.43. The van der Waals surface area contributed by atoms with Crippen LogP contribution in [0.25, 0.3) is 0 Å². The standard InChI is InChI=1S/C24H31FN2O2.CH2O2/c1-16(2)7-9-22-19-12-18(21-5-4-6-24(28)27(21)22)14-26(15-19)13-17-8-10-23(29-3)20(25)11-17;2-1-3/h4-6,8,10-11,16,18-19,22H,7,9,12-15H2,1-3H3;1H,(H,2,3)/t18-,19+,22+;/m1./s1. The molecule has 0 saturated carbocycles. The Hall–Kier alpha value is -2.67. The summed E-state index contributed by atoms with van der Waals surface area (Å²) < 4.78 is 21.3. The second-order valence-corrected chi connectivity index (χ2v) is 9.16. The van der Waals surface area contributed by atoms with E-state index in [0.29, 0.717) is 17.8 Å². The highest BCUT2D eigenvalue weighted by atomic mass is 19.1. The Morgan fingerprint density at radius 2 is 2.00 bits per heavy atom. The van der Waals surface area contributed by atoms with Crippen LogP contribution in [0, 0.1) is 17.7 Å². The maximum absolute atomic E-state index is 14.1. The minimum absolute atomic E-state index is 0.136. The van der Waals surface area contributed by atoms with Gasteiger partial charge < -0.3 is 14.4 Å². The fourth-order valence-corrected chi connectivity index (χ4v) is 5.21. The predicted octanol–water partition coefficient (Wildman–Crippen LogP) is 4.29. The first-order valence-electron chi connectivity index (χ1n) is 11.2. The summed E-state index contributed by atoms with van der Waals surface area (Å²) >= 11 is 0. The number of methoxy groups -OCH3 is 1. The van der Waals surface area contributed by atoms with E-state index in [1.807, 2.05) is 12.1 Å². The zero-order chi connectivity index (χ0) is 23.3. The second kappa shape index (κ2) is 10.8. The molecule has 1 aromatic carbocycles. The molecular weight excluding hydrogens is 411 g/mol. The number of rotatable bonds is 6. The van der Waals surface area contributed by atoms with E-state index < -0.39 is 0 Å². The van der Waals surface area contributed by atoms with Crippen molar-refractivity contribution in [3.63, 3.8) is 0 Å². The first kappa shape index (κ1) is 24.0. The molecule has 2 aliphatic heterocycles. The van der Waals surface area contributed by atoms with Crippen LogP contribution in [0.3, 0.4) is 0 Å². The minimum Gasteiger partial charge on any atom is -0.494 e. The number of halogens is 1. The minimum atomic E-state index is -0.311. The zero-order valence-electron chi connectivity index (χ0n) is 19.0. The van der Waals surface area contributed by atoms with Crippen LogP contribution in [0.5, 0.6) is 5.75 Å². The van der Waals surface area contributed by atoms with E-state index >= 15 is 0 Å². The normalized spacial score (nSPS) is 22.0. The predicted molar refractivity (Wildman–Crippen MR) is 122 cm³/mol. The summed E-state index contributed by atoms with van der Waals surface area (Å²) in [5.41, 5.74) is 2.28. The Morgan fingerprint density at radius 3 is 2.66 bits per heavy atom. The van der Waals surface area contributed by atoms with Crippen LogP contribution in [0.4, 0.5) is 4.39 Å². The van der Waals surface area contributed by atoms with E-state index in [1.165, 1.54) is 12.8 Å². The molecule has 1 aromatic heterocycles. The van der Waals surface area contributed by atoms with Crippen molar-refractivity contribution in [1.29, 1.82) is 0 Å². The van der Waals surface area contributed by atoms with Gasteiger partial charge in [-0.2, -0.15) is 0 Å². The third-order valence-corrected chi connectivity index (χ3v) is 6.54. The Labute approximate surface area is 188 Å².